The highest BCUT2D eigenvalue weighted by Gasteiger charge is 2.23. The molecule has 2 N–H and O–H groups in total. The van der Waals surface area contributed by atoms with Gasteiger partial charge in [-0.05, 0) is 37.5 Å². The minimum atomic E-state index is -3.73. The molecule has 0 unspecified atom stereocenters. The van der Waals surface area contributed by atoms with E-state index in [-0.39, 0.29) is 10.8 Å². The van der Waals surface area contributed by atoms with Crippen LogP contribution < -0.4 is 9.46 Å². The Kier molecular flexibility index (Phi) is 4.46. The number of nitrogens with zero attached hydrogens (tertiary/aromatic N) is 1. The van der Waals surface area contributed by atoms with Gasteiger partial charge in [0.25, 0.3) is 10.0 Å². The molecule has 0 fully saturated rings. The molecule has 22 heavy (non-hydrogen) atoms. The SMILES string of the molecule is COc1ccc(C(C)C)cc1NS(=O)(=O)c1c(C)n[nH]c1C. The van der Waals surface area contributed by atoms with Crippen LogP contribution in [0.4, 0.5) is 5.69 Å². The second kappa shape index (κ2) is 6.00. The van der Waals surface area contributed by atoms with Crippen LogP contribution in [0.5, 0.6) is 5.75 Å². The van der Waals surface area contributed by atoms with E-state index in [1.165, 1.54) is 7.11 Å². The van der Waals surface area contributed by atoms with Gasteiger partial charge >= 0.3 is 0 Å². The van der Waals surface area contributed by atoms with E-state index in [4.69, 9.17) is 4.74 Å². The maximum atomic E-state index is 12.6. The van der Waals surface area contributed by atoms with E-state index in [9.17, 15) is 8.42 Å². The number of H-pyrrole nitrogens is 1. The third kappa shape index (κ3) is 3.09. The summed E-state index contributed by atoms with van der Waals surface area (Å²) in [5.74, 6) is 0.762. The summed E-state index contributed by atoms with van der Waals surface area (Å²) in [6.45, 7) is 7.42. The summed E-state index contributed by atoms with van der Waals surface area (Å²) in [7, 11) is -2.22. The lowest BCUT2D eigenvalue weighted by Crippen LogP contribution is -2.15. The third-order valence-electron chi connectivity index (χ3n) is 3.46. The Bertz CT molecular complexity index is 760. The topological polar surface area (TPSA) is 84.1 Å². The van der Waals surface area contributed by atoms with E-state index in [1.54, 1.807) is 26.0 Å². The molecule has 0 aliphatic carbocycles. The number of rotatable bonds is 5. The Labute approximate surface area is 130 Å². The summed E-state index contributed by atoms with van der Waals surface area (Å²) < 4.78 is 33.1. The molecule has 0 spiro atoms. The molecule has 2 aromatic rings. The largest absolute Gasteiger partial charge is 0.495 e. The number of aromatic amines is 1. The minimum Gasteiger partial charge on any atom is -0.495 e. The number of benzene rings is 1. The number of aryl methyl sites for hydroxylation is 2. The summed E-state index contributed by atoms with van der Waals surface area (Å²) in [4.78, 5) is 0.171. The van der Waals surface area contributed by atoms with Gasteiger partial charge in [-0.1, -0.05) is 19.9 Å². The van der Waals surface area contributed by atoms with Gasteiger partial charge in [-0.2, -0.15) is 5.10 Å². The maximum absolute atomic E-state index is 12.6. The molecular weight excluding hydrogens is 302 g/mol. The van der Waals surface area contributed by atoms with Crippen molar-refractivity contribution in [2.45, 2.75) is 38.5 Å². The second-order valence-corrected chi connectivity index (χ2v) is 7.10. The van der Waals surface area contributed by atoms with Gasteiger partial charge in [-0.25, -0.2) is 8.42 Å². The summed E-state index contributed by atoms with van der Waals surface area (Å²) >= 11 is 0. The van der Waals surface area contributed by atoms with Crippen molar-refractivity contribution >= 4 is 15.7 Å². The number of sulfonamides is 1. The molecule has 0 aliphatic heterocycles. The highest BCUT2D eigenvalue weighted by atomic mass is 32.2. The molecule has 0 bridgehead atoms. The lowest BCUT2D eigenvalue weighted by Gasteiger charge is -2.15. The van der Waals surface area contributed by atoms with Gasteiger partial charge < -0.3 is 4.74 Å². The zero-order chi connectivity index (χ0) is 16.5. The summed E-state index contributed by atoms with van der Waals surface area (Å²) in [6.07, 6.45) is 0. The maximum Gasteiger partial charge on any atom is 0.265 e. The fraction of sp³-hybridized carbons (Fsp3) is 0.400. The van der Waals surface area contributed by atoms with Crippen LogP contribution >= 0.6 is 0 Å². The number of ether oxygens (including phenoxy) is 1. The van der Waals surface area contributed by atoms with Crippen LogP contribution in [0.15, 0.2) is 23.1 Å². The fourth-order valence-electron chi connectivity index (χ4n) is 2.30. The first-order valence-electron chi connectivity index (χ1n) is 6.98. The minimum absolute atomic E-state index is 0.171. The van der Waals surface area contributed by atoms with Gasteiger partial charge in [0, 0.05) is 0 Å². The van der Waals surface area contributed by atoms with Crippen LogP contribution in [0.25, 0.3) is 0 Å². The second-order valence-electron chi connectivity index (χ2n) is 5.48. The van der Waals surface area contributed by atoms with E-state index in [0.717, 1.165) is 5.56 Å². The Morgan fingerprint density at radius 3 is 2.45 bits per heavy atom. The Morgan fingerprint density at radius 1 is 1.27 bits per heavy atom. The van der Waals surface area contributed by atoms with Crippen molar-refractivity contribution < 1.29 is 13.2 Å². The van der Waals surface area contributed by atoms with Crippen molar-refractivity contribution in [2.75, 3.05) is 11.8 Å². The highest BCUT2D eigenvalue weighted by Crippen LogP contribution is 2.31. The number of hydrogen-bond donors (Lipinski definition) is 2. The summed E-state index contributed by atoms with van der Waals surface area (Å²) in [5.41, 5.74) is 2.39. The monoisotopic (exact) mass is 323 g/mol. The molecule has 0 radical (unpaired) electrons. The molecule has 7 heteroatoms. The first-order valence-corrected chi connectivity index (χ1v) is 8.47. The first-order chi connectivity index (χ1) is 10.3. The van der Waals surface area contributed by atoms with E-state index in [0.29, 0.717) is 22.8 Å². The molecule has 1 aromatic heterocycles. The third-order valence-corrected chi connectivity index (χ3v) is 5.09. The number of hydrogen-bond acceptors (Lipinski definition) is 4. The normalized spacial score (nSPS) is 11.7. The molecule has 2 rings (SSSR count). The van der Waals surface area contributed by atoms with Crippen molar-refractivity contribution in [3.63, 3.8) is 0 Å². The van der Waals surface area contributed by atoms with E-state index < -0.39 is 10.0 Å². The number of nitrogens with one attached hydrogen (secondary N) is 2. The van der Waals surface area contributed by atoms with E-state index >= 15 is 0 Å². The molecule has 0 saturated heterocycles. The van der Waals surface area contributed by atoms with Gasteiger partial charge in [-0.15, -0.1) is 0 Å². The van der Waals surface area contributed by atoms with Crippen LogP contribution in [0, 0.1) is 13.8 Å². The Hall–Kier alpha value is -2.02. The molecule has 0 amide bonds. The van der Waals surface area contributed by atoms with E-state index in [1.807, 2.05) is 19.9 Å². The van der Waals surface area contributed by atoms with Crippen LogP contribution in [0.3, 0.4) is 0 Å². The smallest absolute Gasteiger partial charge is 0.265 e. The van der Waals surface area contributed by atoms with Crippen LogP contribution in [-0.2, 0) is 10.0 Å². The fourth-order valence-corrected chi connectivity index (χ4v) is 3.73. The van der Waals surface area contributed by atoms with Gasteiger partial charge in [0.05, 0.1) is 24.2 Å². The van der Waals surface area contributed by atoms with Gasteiger partial charge in [0.2, 0.25) is 0 Å². The van der Waals surface area contributed by atoms with Gasteiger partial charge in [-0.3, -0.25) is 9.82 Å². The summed E-state index contributed by atoms with van der Waals surface area (Å²) in [6, 6.07) is 5.49. The molecule has 120 valence electrons. The quantitative estimate of drug-likeness (QED) is 0.886. The van der Waals surface area contributed by atoms with Crippen LogP contribution in [0.2, 0.25) is 0 Å². The predicted molar refractivity (Wildman–Crippen MR) is 86.0 cm³/mol. The average Bonchev–Trinajstić information content (AvgIpc) is 2.78. The zero-order valence-electron chi connectivity index (χ0n) is 13.4. The lowest BCUT2D eigenvalue weighted by molar-refractivity contribution is 0.416. The molecule has 0 saturated carbocycles. The van der Waals surface area contributed by atoms with Crippen molar-refractivity contribution in [2.24, 2.45) is 0 Å². The van der Waals surface area contributed by atoms with Gasteiger partial charge in [0.15, 0.2) is 0 Å². The van der Waals surface area contributed by atoms with Crippen LogP contribution in [0.1, 0.15) is 36.7 Å². The number of anilines is 1. The molecular formula is C15H21N3O3S. The average molecular weight is 323 g/mol. The molecule has 1 heterocycles. The van der Waals surface area contributed by atoms with Crippen LogP contribution in [-0.4, -0.2) is 25.7 Å². The summed E-state index contributed by atoms with van der Waals surface area (Å²) in [5, 5.41) is 6.62. The zero-order valence-corrected chi connectivity index (χ0v) is 14.2. The standard InChI is InChI=1S/C15H21N3O3S/c1-9(2)12-6-7-14(21-5)13(8-12)18-22(19,20)15-10(3)16-17-11(15)4/h6-9,18H,1-5H3,(H,16,17). The Balaban J connectivity index is 2.47. The van der Waals surface area contributed by atoms with Crippen molar-refractivity contribution in [1.82, 2.24) is 10.2 Å². The highest BCUT2D eigenvalue weighted by molar-refractivity contribution is 7.92. The number of aromatic nitrogens is 2. The van der Waals surface area contributed by atoms with Crippen molar-refractivity contribution in [3.05, 3.63) is 35.2 Å². The number of methoxy groups -OCH3 is 1. The molecule has 0 atom stereocenters. The first kappa shape index (κ1) is 16.4. The Morgan fingerprint density at radius 2 is 1.95 bits per heavy atom. The lowest BCUT2D eigenvalue weighted by atomic mass is 10.0. The molecule has 0 aliphatic rings. The van der Waals surface area contributed by atoms with Crippen molar-refractivity contribution in [3.8, 4) is 5.75 Å². The molecule has 1 aromatic carbocycles. The predicted octanol–water partition coefficient (Wildman–Crippen LogP) is 2.96. The van der Waals surface area contributed by atoms with Gasteiger partial charge in [0.1, 0.15) is 10.6 Å². The molecule has 6 nitrogen and oxygen atoms in total. The van der Waals surface area contributed by atoms with Crippen molar-refractivity contribution in [1.29, 1.82) is 0 Å². The van der Waals surface area contributed by atoms with E-state index in [2.05, 4.69) is 14.9 Å².